The predicted molar refractivity (Wildman–Crippen MR) is 112 cm³/mol. The molecule has 1 aliphatic rings. The summed E-state index contributed by atoms with van der Waals surface area (Å²) >= 11 is 14.3. The summed E-state index contributed by atoms with van der Waals surface area (Å²) in [5, 5.41) is 4.19. The Labute approximate surface area is 174 Å². The van der Waals surface area contributed by atoms with Crippen LogP contribution in [0.4, 0.5) is 0 Å². The van der Waals surface area contributed by atoms with Crippen LogP contribution in [0, 0.1) is 0 Å². The van der Waals surface area contributed by atoms with Crippen LogP contribution in [0.1, 0.15) is 22.0 Å². The van der Waals surface area contributed by atoms with Gasteiger partial charge in [-0.25, -0.2) is 0 Å². The molecule has 1 saturated heterocycles. The number of carbonyl (C=O) groups is 1. The van der Waals surface area contributed by atoms with E-state index < -0.39 is 0 Å². The van der Waals surface area contributed by atoms with E-state index in [0.29, 0.717) is 35.4 Å². The third-order valence-electron chi connectivity index (χ3n) is 4.62. The monoisotopic (exact) mass is 424 g/mol. The number of thioether (sulfide) groups is 1. The molecule has 1 amide bonds. The van der Waals surface area contributed by atoms with Crippen molar-refractivity contribution in [3.05, 3.63) is 63.6 Å². The standard InChI is InChI=1S/C20H22Cl2N2O2S/c1-27-14-6-7-18(22)16(12-14)20(25)23-13-19(24-8-10-26-11-9-24)15-4-2-3-5-17(15)21/h2-7,12,19H,8-11,13H2,1H3,(H,23,25)/t19-/m1/s1. The quantitative estimate of drug-likeness (QED) is 0.692. The largest absolute Gasteiger partial charge is 0.379 e. The lowest BCUT2D eigenvalue weighted by Gasteiger charge is -2.35. The van der Waals surface area contributed by atoms with Gasteiger partial charge in [0.2, 0.25) is 0 Å². The van der Waals surface area contributed by atoms with Gasteiger partial charge in [-0.1, -0.05) is 41.4 Å². The van der Waals surface area contributed by atoms with E-state index in [1.807, 2.05) is 42.7 Å². The first-order chi connectivity index (χ1) is 13.1. The number of nitrogens with zero attached hydrogens (tertiary/aromatic N) is 1. The van der Waals surface area contributed by atoms with E-state index in [4.69, 9.17) is 27.9 Å². The summed E-state index contributed by atoms with van der Waals surface area (Å²) in [4.78, 5) is 16.1. The lowest BCUT2D eigenvalue weighted by molar-refractivity contribution is 0.0162. The number of nitrogens with one attached hydrogen (secondary N) is 1. The number of carbonyl (C=O) groups excluding carboxylic acids is 1. The number of halogens is 2. The predicted octanol–water partition coefficient (Wildman–Crippen LogP) is 4.52. The molecule has 2 aromatic carbocycles. The number of benzene rings is 2. The van der Waals surface area contributed by atoms with Gasteiger partial charge in [0.1, 0.15) is 0 Å². The maximum Gasteiger partial charge on any atom is 0.252 e. The van der Waals surface area contributed by atoms with Gasteiger partial charge in [-0.15, -0.1) is 11.8 Å². The summed E-state index contributed by atoms with van der Waals surface area (Å²) in [5.41, 5.74) is 1.49. The zero-order valence-corrected chi connectivity index (χ0v) is 17.4. The molecule has 1 heterocycles. The van der Waals surface area contributed by atoms with Crippen molar-refractivity contribution >= 4 is 40.9 Å². The Balaban J connectivity index is 1.78. The van der Waals surface area contributed by atoms with Gasteiger partial charge in [0.15, 0.2) is 0 Å². The fourth-order valence-corrected chi connectivity index (χ4v) is 4.07. The zero-order chi connectivity index (χ0) is 19.2. The van der Waals surface area contributed by atoms with Crippen molar-refractivity contribution in [3.63, 3.8) is 0 Å². The molecule has 3 rings (SSSR count). The third-order valence-corrected chi connectivity index (χ3v) is 6.02. The summed E-state index contributed by atoms with van der Waals surface area (Å²) in [7, 11) is 0. The fraction of sp³-hybridized carbons (Fsp3) is 0.350. The molecule has 1 aliphatic heterocycles. The Kier molecular flexibility index (Phi) is 7.44. The van der Waals surface area contributed by atoms with Crippen LogP contribution in [0.25, 0.3) is 0 Å². The van der Waals surface area contributed by atoms with Gasteiger partial charge in [0, 0.05) is 29.6 Å². The molecule has 27 heavy (non-hydrogen) atoms. The molecule has 7 heteroatoms. The molecular weight excluding hydrogens is 403 g/mol. The van der Waals surface area contributed by atoms with Crippen molar-refractivity contribution in [3.8, 4) is 0 Å². The maximum absolute atomic E-state index is 12.8. The van der Waals surface area contributed by atoms with Crippen LogP contribution in [-0.4, -0.2) is 49.9 Å². The summed E-state index contributed by atoms with van der Waals surface area (Å²) in [6.45, 7) is 3.40. The first kappa shape index (κ1) is 20.5. The average molecular weight is 425 g/mol. The number of hydrogen-bond donors (Lipinski definition) is 1. The molecule has 0 aromatic heterocycles. The fourth-order valence-electron chi connectivity index (χ4n) is 3.16. The number of rotatable bonds is 6. The molecule has 0 saturated carbocycles. The van der Waals surface area contributed by atoms with Crippen molar-refractivity contribution in [2.45, 2.75) is 10.9 Å². The van der Waals surface area contributed by atoms with E-state index in [9.17, 15) is 4.79 Å². The first-order valence-electron chi connectivity index (χ1n) is 8.78. The van der Waals surface area contributed by atoms with E-state index in [1.165, 1.54) is 0 Å². The van der Waals surface area contributed by atoms with Gasteiger partial charge in [-0.05, 0) is 36.1 Å². The minimum absolute atomic E-state index is 0.0194. The Morgan fingerprint density at radius 3 is 2.63 bits per heavy atom. The van der Waals surface area contributed by atoms with Gasteiger partial charge in [-0.2, -0.15) is 0 Å². The smallest absolute Gasteiger partial charge is 0.252 e. The molecule has 144 valence electrons. The van der Waals surface area contributed by atoms with Crippen LogP contribution >= 0.6 is 35.0 Å². The minimum atomic E-state index is -0.179. The summed E-state index contributed by atoms with van der Waals surface area (Å²) in [6, 6.07) is 13.2. The number of hydrogen-bond acceptors (Lipinski definition) is 4. The number of ether oxygens (including phenoxy) is 1. The Morgan fingerprint density at radius 1 is 1.19 bits per heavy atom. The van der Waals surface area contributed by atoms with Crippen LogP contribution in [0.2, 0.25) is 10.0 Å². The van der Waals surface area contributed by atoms with Crippen LogP contribution < -0.4 is 5.32 Å². The summed E-state index contributed by atoms with van der Waals surface area (Å²) < 4.78 is 5.47. The minimum Gasteiger partial charge on any atom is -0.379 e. The second-order valence-electron chi connectivity index (χ2n) is 6.24. The molecule has 0 spiro atoms. The molecule has 1 atom stereocenters. The molecule has 0 unspecified atom stereocenters. The normalized spacial score (nSPS) is 16.1. The van der Waals surface area contributed by atoms with Gasteiger partial charge >= 0.3 is 0 Å². The van der Waals surface area contributed by atoms with Crippen LogP contribution in [0.3, 0.4) is 0 Å². The Bertz CT molecular complexity index is 797. The first-order valence-corrected chi connectivity index (χ1v) is 10.8. The van der Waals surface area contributed by atoms with Crippen LogP contribution in [-0.2, 0) is 4.74 Å². The summed E-state index contributed by atoms with van der Waals surface area (Å²) in [5.74, 6) is -0.179. The molecule has 1 fully saturated rings. The van der Waals surface area contributed by atoms with Crippen LogP contribution in [0.15, 0.2) is 47.4 Å². The van der Waals surface area contributed by atoms with Gasteiger partial charge in [-0.3, -0.25) is 9.69 Å². The SMILES string of the molecule is CSc1ccc(Cl)c(C(=O)NC[C@H](c2ccccc2Cl)N2CCOCC2)c1. The van der Waals surface area contributed by atoms with E-state index in [-0.39, 0.29) is 11.9 Å². The number of amides is 1. The third kappa shape index (κ3) is 5.18. The van der Waals surface area contributed by atoms with E-state index >= 15 is 0 Å². The lowest BCUT2D eigenvalue weighted by atomic mass is 10.0. The summed E-state index contributed by atoms with van der Waals surface area (Å²) in [6.07, 6.45) is 1.97. The molecule has 0 radical (unpaired) electrons. The lowest BCUT2D eigenvalue weighted by Crippen LogP contribution is -2.44. The van der Waals surface area contributed by atoms with E-state index in [2.05, 4.69) is 10.2 Å². The molecule has 4 nitrogen and oxygen atoms in total. The van der Waals surface area contributed by atoms with Crippen molar-refractivity contribution in [2.75, 3.05) is 39.1 Å². The van der Waals surface area contributed by atoms with Crippen LogP contribution in [0.5, 0.6) is 0 Å². The molecule has 0 bridgehead atoms. The van der Waals surface area contributed by atoms with E-state index in [0.717, 1.165) is 23.5 Å². The van der Waals surface area contributed by atoms with Gasteiger partial charge in [0.25, 0.3) is 5.91 Å². The highest BCUT2D eigenvalue weighted by atomic mass is 35.5. The average Bonchev–Trinajstić information content (AvgIpc) is 2.70. The Morgan fingerprint density at radius 2 is 1.93 bits per heavy atom. The van der Waals surface area contributed by atoms with Crippen molar-refractivity contribution in [1.29, 1.82) is 0 Å². The van der Waals surface area contributed by atoms with E-state index in [1.54, 1.807) is 17.8 Å². The molecule has 0 aliphatic carbocycles. The highest BCUT2D eigenvalue weighted by Crippen LogP contribution is 2.28. The highest BCUT2D eigenvalue weighted by molar-refractivity contribution is 7.98. The topological polar surface area (TPSA) is 41.6 Å². The van der Waals surface area contributed by atoms with Crippen molar-refractivity contribution in [1.82, 2.24) is 10.2 Å². The highest BCUT2D eigenvalue weighted by Gasteiger charge is 2.25. The van der Waals surface area contributed by atoms with Crippen molar-refractivity contribution in [2.24, 2.45) is 0 Å². The molecule has 1 N–H and O–H groups in total. The maximum atomic E-state index is 12.8. The Hall–Kier alpha value is -1.24. The van der Waals surface area contributed by atoms with Gasteiger partial charge < -0.3 is 10.1 Å². The second kappa shape index (κ2) is 9.80. The number of morpholine rings is 1. The second-order valence-corrected chi connectivity index (χ2v) is 7.94. The van der Waals surface area contributed by atoms with Crippen molar-refractivity contribution < 1.29 is 9.53 Å². The van der Waals surface area contributed by atoms with Gasteiger partial charge in [0.05, 0.1) is 29.8 Å². The molecular formula is C20H22Cl2N2O2S. The zero-order valence-electron chi connectivity index (χ0n) is 15.1. The molecule has 2 aromatic rings.